The third-order valence-corrected chi connectivity index (χ3v) is 4.15. The average molecular weight is 295 g/mol. The lowest BCUT2D eigenvalue weighted by Gasteiger charge is -2.34. The first-order valence-electron chi connectivity index (χ1n) is 7.70. The van der Waals surface area contributed by atoms with Crippen LogP contribution in [0.3, 0.4) is 0 Å². The molecule has 116 valence electrons. The van der Waals surface area contributed by atoms with E-state index >= 15 is 0 Å². The fourth-order valence-electron chi connectivity index (χ4n) is 2.93. The Morgan fingerprint density at radius 1 is 1.33 bits per heavy atom. The normalized spacial score (nSPS) is 19.1. The summed E-state index contributed by atoms with van der Waals surface area (Å²) in [7, 11) is 0. The van der Waals surface area contributed by atoms with Crippen molar-refractivity contribution in [3.05, 3.63) is 35.4 Å². The number of hydrogen-bond donors (Lipinski definition) is 0. The van der Waals surface area contributed by atoms with Crippen LogP contribution in [0.15, 0.2) is 18.2 Å². The Balaban J connectivity index is 1.88. The van der Waals surface area contributed by atoms with Gasteiger partial charge in [-0.15, -0.1) is 0 Å². The maximum atomic E-state index is 13.2. The van der Waals surface area contributed by atoms with E-state index in [0.717, 1.165) is 44.3 Å². The van der Waals surface area contributed by atoms with E-state index in [1.807, 2.05) is 18.7 Å². The van der Waals surface area contributed by atoms with Crippen molar-refractivity contribution in [1.29, 1.82) is 0 Å². The van der Waals surface area contributed by atoms with Crippen LogP contribution in [-0.2, 0) is 11.2 Å². The van der Waals surface area contributed by atoms with Crippen molar-refractivity contribution >= 4 is 5.91 Å². The number of likely N-dealkylation sites (tertiary alicyclic amines) is 1. The van der Waals surface area contributed by atoms with Gasteiger partial charge in [0.1, 0.15) is 0 Å². The first kappa shape index (κ1) is 15.9. The van der Waals surface area contributed by atoms with Crippen molar-refractivity contribution in [1.82, 2.24) is 4.90 Å². The molecule has 4 heteroatoms. The summed E-state index contributed by atoms with van der Waals surface area (Å²) in [6, 6.07) is 4.09. The number of amides is 1. The second kappa shape index (κ2) is 7.01. The number of nitrogens with zero attached hydrogens (tertiary/aromatic N) is 1. The van der Waals surface area contributed by atoms with Crippen LogP contribution in [0.2, 0.25) is 0 Å². The van der Waals surface area contributed by atoms with Gasteiger partial charge in [-0.25, -0.2) is 8.78 Å². The minimum atomic E-state index is -0.801. The number of carbonyl (C=O) groups is 1. The Kier molecular flexibility index (Phi) is 5.32. The van der Waals surface area contributed by atoms with Crippen LogP contribution in [0.5, 0.6) is 0 Å². The number of piperidine rings is 1. The molecule has 1 atom stereocenters. The van der Waals surface area contributed by atoms with Gasteiger partial charge in [-0.1, -0.05) is 19.9 Å². The van der Waals surface area contributed by atoms with Crippen molar-refractivity contribution in [2.75, 3.05) is 13.1 Å². The van der Waals surface area contributed by atoms with E-state index in [2.05, 4.69) is 0 Å². The van der Waals surface area contributed by atoms with E-state index in [1.165, 1.54) is 12.1 Å². The number of carbonyl (C=O) groups excluding carboxylic acids is 1. The third-order valence-electron chi connectivity index (χ3n) is 4.15. The molecule has 21 heavy (non-hydrogen) atoms. The monoisotopic (exact) mass is 295 g/mol. The summed E-state index contributed by atoms with van der Waals surface area (Å²) in [5.74, 6) is -0.880. The third kappa shape index (κ3) is 4.26. The highest BCUT2D eigenvalue weighted by Crippen LogP contribution is 2.23. The van der Waals surface area contributed by atoms with Crippen molar-refractivity contribution in [2.45, 2.75) is 39.5 Å². The topological polar surface area (TPSA) is 20.3 Å². The maximum absolute atomic E-state index is 13.2. The Morgan fingerprint density at radius 3 is 2.76 bits per heavy atom. The van der Waals surface area contributed by atoms with E-state index in [-0.39, 0.29) is 11.8 Å². The molecule has 0 unspecified atom stereocenters. The predicted octanol–water partition coefficient (Wildman–Crippen LogP) is 3.79. The number of hydrogen-bond acceptors (Lipinski definition) is 1. The summed E-state index contributed by atoms with van der Waals surface area (Å²) >= 11 is 0. The van der Waals surface area contributed by atoms with Gasteiger partial charge in [0, 0.05) is 19.0 Å². The highest BCUT2D eigenvalue weighted by molar-refractivity contribution is 5.78. The zero-order chi connectivity index (χ0) is 15.4. The molecule has 1 amide bonds. The Labute approximate surface area is 125 Å². The molecule has 1 fully saturated rings. The van der Waals surface area contributed by atoms with Gasteiger partial charge in [0.25, 0.3) is 0 Å². The molecular weight excluding hydrogens is 272 g/mol. The number of halogens is 2. The van der Waals surface area contributed by atoms with Crippen LogP contribution in [0.1, 0.15) is 38.7 Å². The highest BCUT2D eigenvalue weighted by atomic mass is 19.2. The molecule has 2 nitrogen and oxygen atoms in total. The van der Waals surface area contributed by atoms with E-state index in [0.29, 0.717) is 5.92 Å². The standard InChI is InChI=1S/C17H23F2NO/c1-12(2)17(21)20-9-3-4-14(11-20)6-5-13-7-8-15(18)16(19)10-13/h7-8,10,12,14H,3-6,9,11H2,1-2H3/t14-/m0/s1. The largest absolute Gasteiger partial charge is 0.342 e. The zero-order valence-corrected chi connectivity index (χ0v) is 12.7. The summed E-state index contributed by atoms with van der Waals surface area (Å²) in [5.41, 5.74) is 0.821. The molecule has 0 saturated carbocycles. The minimum absolute atomic E-state index is 0.0370. The van der Waals surface area contributed by atoms with Crippen LogP contribution < -0.4 is 0 Å². The van der Waals surface area contributed by atoms with Crippen molar-refractivity contribution < 1.29 is 13.6 Å². The van der Waals surface area contributed by atoms with Gasteiger partial charge >= 0.3 is 0 Å². The van der Waals surface area contributed by atoms with Gasteiger partial charge in [-0.05, 0) is 49.3 Å². The fourth-order valence-corrected chi connectivity index (χ4v) is 2.93. The molecule has 1 aromatic rings. The Hall–Kier alpha value is -1.45. The summed E-state index contributed by atoms with van der Waals surface area (Å²) in [6.45, 7) is 5.49. The van der Waals surface area contributed by atoms with Gasteiger partial charge in [0.2, 0.25) is 5.91 Å². The molecule has 0 bridgehead atoms. The first-order chi connectivity index (χ1) is 9.97. The molecule has 1 aliphatic rings. The molecule has 2 rings (SSSR count). The molecule has 0 spiro atoms. The smallest absolute Gasteiger partial charge is 0.225 e. The summed E-state index contributed by atoms with van der Waals surface area (Å²) in [6.07, 6.45) is 3.77. The lowest BCUT2D eigenvalue weighted by Crippen LogP contribution is -2.42. The molecule has 1 aromatic carbocycles. The van der Waals surface area contributed by atoms with E-state index in [4.69, 9.17) is 0 Å². The molecule has 1 saturated heterocycles. The number of rotatable bonds is 4. The fraction of sp³-hybridized carbons (Fsp3) is 0.588. The molecular formula is C17H23F2NO. The van der Waals surface area contributed by atoms with Crippen LogP contribution in [0, 0.1) is 23.5 Å². The molecule has 1 aliphatic heterocycles. The number of aryl methyl sites for hydroxylation is 1. The van der Waals surface area contributed by atoms with E-state index in [9.17, 15) is 13.6 Å². The Morgan fingerprint density at radius 2 is 2.10 bits per heavy atom. The minimum Gasteiger partial charge on any atom is -0.342 e. The second-order valence-corrected chi connectivity index (χ2v) is 6.23. The maximum Gasteiger partial charge on any atom is 0.225 e. The zero-order valence-electron chi connectivity index (χ0n) is 12.7. The highest BCUT2D eigenvalue weighted by Gasteiger charge is 2.24. The van der Waals surface area contributed by atoms with Crippen LogP contribution >= 0.6 is 0 Å². The average Bonchev–Trinajstić information content (AvgIpc) is 2.48. The predicted molar refractivity (Wildman–Crippen MR) is 78.8 cm³/mol. The molecule has 0 aliphatic carbocycles. The van der Waals surface area contributed by atoms with Crippen LogP contribution in [0.4, 0.5) is 8.78 Å². The second-order valence-electron chi connectivity index (χ2n) is 6.23. The quantitative estimate of drug-likeness (QED) is 0.827. The van der Waals surface area contributed by atoms with Gasteiger partial charge in [-0.2, -0.15) is 0 Å². The van der Waals surface area contributed by atoms with Gasteiger partial charge in [0.15, 0.2) is 11.6 Å². The van der Waals surface area contributed by atoms with Gasteiger partial charge in [0.05, 0.1) is 0 Å². The first-order valence-corrected chi connectivity index (χ1v) is 7.70. The summed E-state index contributed by atoms with van der Waals surface area (Å²) in [4.78, 5) is 14.0. The van der Waals surface area contributed by atoms with Gasteiger partial charge < -0.3 is 4.90 Å². The Bertz CT molecular complexity index is 502. The molecule has 1 heterocycles. The van der Waals surface area contributed by atoms with Crippen molar-refractivity contribution in [3.63, 3.8) is 0 Å². The lowest BCUT2D eigenvalue weighted by molar-refractivity contribution is -0.136. The van der Waals surface area contributed by atoms with Crippen molar-refractivity contribution in [3.8, 4) is 0 Å². The lowest BCUT2D eigenvalue weighted by atomic mass is 9.91. The van der Waals surface area contributed by atoms with Crippen LogP contribution in [-0.4, -0.2) is 23.9 Å². The summed E-state index contributed by atoms with van der Waals surface area (Å²) < 4.78 is 26.1. The summed E-state index contributed by atoms with van der Waals surface area (Å²) in [5, 5.41) is 0. The SMILES string of the molecule is CC(C)C(=O)N1CCC[C@@H](CCc2ccc(F)c(F)c2)C1. The van der Waals surface area contributed by atoms with Gasteiger partial charge in [-0.3, -0.25) is 4.79 Å². The van der Waals surface area contributed by atoms with Crippen molar-refractivity contribution in [2.24, 2.45) is 11.8 Å². The van der Waals surface area contributed by atoms with E-state index in [1.54, 1.807) is 6.07 Å². The molecule has 0 aromatic heterocycles. The number of benzene rings is 1. The van der Waals surface area contributed by atoms with Crippen LogP contribution in [0.25, 0.3) is 0 Å². The van der Waals surface area contributed by atoms with E-state index < -0.39 is 11.6 Å². The molecule has 0 radical (unpaired) electrons. The molecule has 0 N–H and O–H groups in total.